The third-order valence-electron chi connectivity index (χ3n) is 2.53. The van der Waals surface area contributed by atoms with Crippen molar-refractivity contribution in [3.63, 3.8) is 0 Å². The van der Waals surface area contributed by atoms with Crippen LogP contribution in [0.2, 0.25) is 0 Å². The summed E-state index contributed by atoms with van der Waals surface area (Å²) >= 11 is 0. The average Bonchev–Trinajstić information content (AvgIpc) is 2.28. The molecule has 0 aromatic carbocycles. The fraction of sp³-hybridized carbons (Fsp3) is 0.800. The highest BCUT2D eigenvalue weighted by Gasteiger charge is 2.25. The van der Waals surface area contributed by atoms with Gasteiger partial charge in [-0.15, -0.1) is 0 Å². The number of carbonyl (C=O) groups is 2. The number of carbonyl (C=O) groups excluding carboxylic acids is 2. The van der Waals surface area contributed by atoms with Crippen molar-refractivity contribution in [1.29, 1.82) is 0 Å². The first-order chi connectivity index (χ1) is 7.56. The maximum Gasteiger partial charge on any atom is 0.411 e. The number of amides is 2. The second kappa shape index (κ2) is 5.69. The highest BCUT2D eigenvalue weighted by Crippen LogP contribution is 2.07. The molecule has 2 amide bonds. The lowest BCUT2D eigenvalue weighted by Crippen LogP contribution is -2.51. The molecule has 1 aliphatic rings. The van der Waals surface area contributed by atoms with Gasteiger partial charge in [-0.25, -0.2) is 4.79 Å². The molecule has 1 fully saturated rings. The lowest BCUT2D eigenvalue weighted by Gasteiger charge is -2.34. The lowest BCUT2D eigenvalue weighted by atomic mass is 10.1. The number of hydrogen-bond acceptors (Lipinski definition) is 4. The van der Waals surface area contributed by atoms with Gasteiger partial charge >= 0.3 is 6.09 Å². The van der Waals surface area contributed by atoms with Crippen LogP contribution in [0.25, 0.3) is 0 Å². The van der Waals surface area contributed by atoms with Gasteiger partial charge in [0, 0.05) is 32.1 Å². The first-order valence-corrected chi connectivity index (χ1v) is 5.37. The van der Waals surface area contributed by atoms with Crippen LogP contribution < -0.4 is 0 Å². The Kier molecular flexibility index (Phi) is 4.54. The zero-order valence-electron chi connectivity index (χ0n) is 9.68. The Hall–Kier alpha value is -1.30. The van der Waals surface area contributed by atoms with Gasteiger partial charge < -0.3 is 19.6 Å². The number of piperazine rings is 1. The van der Waals surface area contributed by atoms with Crippen LogP contribution in [0.5, 0.6) is 0 Å². The molecule has 0 aromatic heterocycles. The SMILES string of the molecule is CC(C)C(=O)N1CCN(C(=O)OCO)CC1. The summed E-state index contributed by atoms with van der Waals surface area (Å²) in [6, 6.07) is 0. The van der Waals surface area contributed by atoms with Crippen LogP contribution in [0.15, 0.2) is 0 Å². The first-order valence-electron chi connectivity index (χ1n) is 5.37. The van der Waals surface area contributed by atoms with Crippen molar-refractivity contribution in [1.82, 2.24) is 9.80 Å². The third-order valence-corrected chi connectivity index (χ3v) is 2.53. The molecule has 0 saturated carbocycles. The molecule has 1 N–H and O–H groups in total. The van der Waals surface area contributed by atoms with Gasteiger partial charge in [-0.2, -0.15) is 0 Å². The fourth-order valence-corrected chi connectivity index (χ4v) is 1.62. The largest absolute Gasteiger partial charge is 0.422 e. The second-order valence-corrected chi connectivity index (χ2v) is 4.01. The molecule has 0 aliphatic carbocycles. The van der Waals surface area contributed by atoms with E-state index in [1.807, 2.05) is 13.8 Å². The molecule has 16 heavy (non-hydrogen) atoms. The Morgan fingerprint density at radius 3 is 2.12 bits per heavy atom. The van der Waals surface area contributed by atoms with E-state index in [4.69, 9.17) is 5.11 Å². The normalized spacial score (nSPS) is 16.5. The Bertz CT molecular complexity index is 260. The molecule has 6 nitrogen and oxygen atoms in total. The van der Waals surface area contributed by atoms with Gasteiger partial charge in [-0.3, -0.25) is 4.79 Å². The van der Waals surface area contributed by atoms with E-state index < -0.39 is 12.9 Å². The number of nitrogens with zero attached hydrogens (tertiary/aromatic N) is 2. The van der Waals surface area contributed by atoms with Crippen molar-refractivity contribution < 1.29 is 19.4 Å². The molecule has 1 aliphatic heterocycles. The lowest BCUT2D eigenvalue weighted by molar-refractivity contribution is -0.136. The number of hydrogen-bond donors (Lipinski definition) is 1. The molecule has 0 atom stereocenters. The molecule has 0 aromatic rings. The minimum absolute atomic E-state index is 0.0176. The van der Waals surface area contributed by atoms with Crippen molar-refractivity contribution in [2.75, 3.05) is 33.0 Å². The topological polar surface area (TPSA) is 70.1 Å². The predicted octanol–water partition coefficient (Wildman–Crippen LogP) is -0.127. The van der Waals surface area contributed by atoms with Crippen LogP contribution in [0, 0.1) is 5.92 Å². The zero-order chi connectivity index (χ0) is 12.1. The van der Waals surface area contributed by atoms with Crippen LogP contribution in [0.1, 0.15) is 13.8 Å². The molecule has 1 rings (SSSR count). The molecule has 0 bridgehead atoms. The summed E-state index contributed by atoms with van der Waals surface area (Å²) in [5.41, 5.74) is 0. The second-order valence-electron chi connectivity index (χ2n) is 4.01. The molecule has 1 heterocycles. The molecule has 92 valence electrons. The maximum atomic E-state index is 11.7. The van der Waals surface area contributed by atoms with E-state index in [-0.39, 0.29) is 11.8 Å². The van der Waals surface area contributed by atoms with E-state index in [1.54, 1.807) is 4.90 Å². The van der Waals surface area contributed by atoms with Gasteiger partial charge in [0.2, 0.25) is 5.91 Å². The zero-order valence-corrected chi connectivity index (χ0v) is 9.68. The summed E-state index contributed by atoms with van der Waals surface area (Å²) < 4.78 is 4.46. The van der Waals surface area contributed by atoms with Crippen LogP contribution >= 0.6 is 0 Å². The van der Waals surface area contributed by atoms with Crippen LogP contribution in [-0.4, -0.2) is 59.9 Å². The molecule has 1 saturated heterocycles. The number of aliphatic hydroxyl groups is 1. The molecule has 0 spiro atoms. The van der Waals surface area contributed by atoms with E-state index in [1.165, 1.54) is 4.90 Å². The summed E-state index contributed by atoms with van der Waals surface area (Å²) in [4.78, 5) is 26.1. The number of rotatable bonds is 2. The third kappa shape index (κ3) is 3.10. The summed E-state index contributed by atoms with van der Waals surface area (Å²) in [5, 5.41) is 8.45. The van der Waals surface area contributed by atoms with Gasteiger partial charge in [-0.1, -0.05) is 13.8 Å². The highest BCUT2D eigenvalue weighted by atomic mass is 16.6. The van der Waals surface area contributed by atoms with Crippen molar-refractivity contribution in [3.05, 3.63) is 0 Å². The van der Waals surface area contributed by atoms with E-state index in [9.17, 15) is 9.59 Å². The number of ether oxygens (including phenoxy) is 1. The van der Waals surface area contributed by atoms with E-state index in [0.29, 0.717) is 26.2 Å². The first kappa shape index (κ1) is 12.8. The van der Waals surface area contributed by atoms with E-state index in [2.05, 4.69) is 4.74 Å². The van der Waals surface area contributed by atoms with Gasteiger partial charge in [0.15, 0.2) is 6.79 Å². The average molecular weight is 230 g/mol. The van der Waals surface area contributed by atoms with Gasteiger partial charge in [0.1, 0.15) is 0 Å². The van der Waals surface area contributed by atoms with Crippen LogP contribution in [0.4, 0.5) is 4.79 Å². The Morgan fingerprint density at radius 1 is 1.19 bits per heavy atom. The summed E-state index contributed by atoms with van der Waals surface area (Å²) in [6.45, 7) is 5.07. The molecule has 0 unspecified atom stereocenters. The quantitative estimate of drug-likeness (QED) is 0.671. The molecular formula is C10H18N2O4. The van der Waals surface area contributed by atoms with Gasteiger partial charge in [-0.05, 0) is 0 Å². The minimum Gasteiger partial charge on any atom is -0.422 e. The van der Waals surface area contributed by atoms with E-state index >= 15 is 0 Å². The summed E-state index contributed by atoms with van der Waals surface area (Å²) in [6.07, 6.45) is -0.529. The predicted molar refractivity (Wildman–Crippen MR) is 56.6 cm³/mol. The van der Waals surface area contributed by atoms with Crippen LogP contribution in [0.3, 0.4) is 0 Å². The Balaban J connectivity index is 2.39. The number of aliphatic hydroxyl groups excluding tert-OH is 1. The van der Waals surface area contributed by atoms with Crippen molar-refractivity contribution >= 4 is 12.0 Å². The van der Waals surface area contributed by atoms with Gasteiger partial charge in [0.05, 0.1) is 0 Å². The minimum atomic E-state index is -0.607. The highest BCUT2D eigenvalue weighted by molar-refractivity contribution is 5.78. The summed E-state index contributed by atoms with van der Waals surface area (Å²) in [5.74, 6) is 0.0890. The Morgan fingerprint density at radius 2 is 1.69 bits per heavy atom. The smallest absolute Gasteiger partial charge is 0.411 e. The fourth-order valence-electron chi connectivity index (χ4n) is 1.62. The van der Waals surface area contributed by atoms with Crippen LogP contribution in [-0.2, 0) is 9.53 Å². The monoisotopic (exact) mass is 230 g/mol. The maximum absolute atomic E-state index is 11.7. The summed E-state index contributed by atoms with van der Waals surface area (Å²) in [7, 11) is 0. The van der Waals surface area contributed by atoms with Crippen molar-refractivity contribution in [3.8, 4) is 0 Å². The van der Waals surface area contributed by atoms with Crippen molar-refractivity contribution in [2.45, 2.75) is 13.8 Å². The molecule has 0 radical (unpaired) electrons. The standard InChI is InChI=1S/C10H18N2O4/c1-8(2)9(14)11-3-5-12(6-4-11)10(15)16-7-13/h8,13H,3-7H2,1-2H3. The van der Waals surface area contributed by atoms with E-state index in [0.717, 1.165) is 0 Å². The van der Waals surface area contributed by atoms with Gasteiger partial charge in [0.25, 0.3) is 0 Å². The van der Waals surface area contributed by atoms with Crippen molar-refractivity contribution in [2.24, 2.45) is 5.92 Å². The molecule has 6 heteroatoms. The Labute approximate surface area is 94.8 Å². The molecular weight excluding hydrogens is 212 g/mol.